The van der Waals surface area contributed by atoms with Crippen molar-refractivity contribution in [1.29, 1.82) is 0 Å². The lowest BCUT2D eigenvalue weighted by atomic mass is 10.2. The summed E-state index contributed by atoms with van der Waals surface area (Å²) in [5.74, 6) is 1.30. The Morgan fingerprint density at radius 2 is 1.88 bits per heavy atom. The Morgan fingerprint density at radius 3 is 2.52 bits per heavy atom. The van der Waals surface area contributed by atoms with Gasteiger partial charge in [0.05, 0.1) is 0 Å². The van der Waals surface area contributed by atoms with E-state index < -0.39 is 0 Å². The first-order valence-corrected chi connectivity index (χ1v) is 8.92. The molecule has 3 rings (SSSR count). The summed E-state index contributed by atoms with van der Waals surface area (Å²) in [6.45, 7) is 5.50. The molecule has 1 aliphatic heterocycles. The molecule has 132 valence electrons. The first kappa shape index (κ1) is 17.5. The lowest BCUT2D eigenvalue weighted by Crippen LogP contribution is -2.46. The van der Waals surface area contributed by atoms with E-state index in [1.54, 1.807) is 6.07 Å². The lowest BCUT2D eigenvalue weighted by molar-refractivity contribution is -0.116. The van der Waals surface area contributed by atoms with Crippen molar-refractivity contribution in [3.05, 3.63) is 41.4 Å². The largest absolute Gasteiger partial charge is 0.368 e. The highest BCUT2D eigenvalue weighted by Gasteiger charge is 2.19. The summed E-state index contributed by atoms with van der Waals surface area (Å²) in [5.41, 5.74) is 1.15. The highest BCUT2D eigenvalue weighted by Crippen LogP contribution is 2.22. The van der Waals surface area contributed by atoms with Gasteiger partial charge in [0.1, 0.15) is 0 Å². The van der Waals surface area contributed by atoms with E-state index in [0.29, 0.717) is 12.2 Å². The number of carbonyl (C=O) groups is 1. The normalized spacial score (nSPS) is 14.5. The third-order valence-corrected chi connectivity index (χ3v) is 4.41. The number of aromatic nitrogens is 2. The topological polar surface area (TPSA) is 61.4 Å². The fourth-order valence-corrected chi connectivity index (χ4v) is 3.04. The number of piperazine rings is 1. The van der Waals surface area contributed by atoms with Crippen LogP contribution in [0.5, 0.6) is 0 Å². The number of benzene rings is 1. The standard InChI is InChI=1S/C18H22ClN5O/c1-2-4-18(25)20-16-7-8-17(22-21-16)24-11-9-23(10-12-24)15-6-3-5-14(19)13-15/h3,5-8,13H,2,4,9-12H2,1H3,(H,20,21,25). The first-order valence-electron chi connectivity index (χ1n) is 8.55. The van der Waals surface area contributed by atoms with Crippen molar-refractivity contribution in [2.24, 2.45) is 0 Å². The maximum Gasteiger partial charge on any atom is 0.225 e. The third kappa shape index (κ3) is 4.60. The van der Waals surface area contributed by atoms with Gasteiger partial charge >= 0.3 is 0 Å². The number of nitrogens with zero attached hydrogens (tertiary/aromatic N) is 4. The van der Waals surface area contributed by atoms with Crippen molar-refractivity contribution in [2.75, 3.05) is 41.3 Å². The number of hydrogen-bond acceptors (Lipinski definition) is 5. The van der Waals surface area contributed by atoms with E-state index >= 15 is 0 Å². The van der Waals surface area contributed by atoms with E-state index in [1.165, 1.54) is 0 Å². The average molecular weight is 360 g/mol. The second-order valence-electron chi connectivity index (χ2n) is 6.03. The van der Waals surface area contributed by atoms with Crippen molar-refractivity contribution in [3.63, 3.8) is 0 Å². The molecule has 2 aromatic rings. The number of anilines is 3. The van der Waals surface area contributed by atoms with Crippen molar-refractivity contribution in [1.82, 2.24) is 10.2 Å². The van der Waals surface area contributed by atoms with Gasteiger partial charge in [-0.2, -0.15) is 0 Å². The first-order chi connectivity index (χ1) is 12.2. The number of halogens is 1. The second-order valence-corrected chi connectivity index (χ2v) is 6.47. The van der Waals surface area contributed by atoms with Gasteiger partial charge in [-0.25, -0.2) is 0 Å². The monoisotopic (exact) mass is 359 g/mol. The van der Waals surface area contributed by atoms with Gasteiger partial charge in [-0.15, -0.1) is 10.2 Å². The molecule has 1 saturated heterocycles. The average Bonchev–Trinajstić information content (AvgIpc) is 2.63. The fraction of sp³-hybridized carbons (Fsp3) is 0.389. The molecule has 0 atom stereocenters. The molecule has 1 amide bonds. The van der Waals surface area contributed by atoms with E-state index in [0.717, 1.165) is 49.1 Å². The Bertz CT molecular complexity index is 714. The van der Waals surface area contributed by atoms with Crippen LogP contribution in [0.25, 0.3) is 0 Å². The molecule has 1 aromatic carbocycles. The second kappa shape index (κ2) is 8.16. The zero-order chi connectivity index (χ0) is 17.6. The van der Waals surface area contributed by atoms with Crippen molar-refractivity contribution in [2.45, 2.75) is 19.8 Å². The number of rotatable bonds is 5. The summed E-state index contributed by atoms with van der Waals surface area (Å²) in [6.07, 6.45) is 1.31. The maximum atomic E-state index is 11.6. The Hall–Kier alpha value is -2.34. The molecule has 1 N–H and O–H groups in total. The smallest absolute Gasteiger partial charge is 0.225 e. The highest BCUT2D eigenvalue weighted by atomic mass is 35.5. The Morgan fingerprint density at radius 1 is 1.12 bits per heavy atom. The van der Waals surface area contributed by atoms with E-state index in [9.17, 15) is 4.79 Å². The zero-order valence-corrected chi connectivity index (χ0v) is 15.0. The van der Waals surface area contributed by atoms with Gasteiger partial charge < -0.3 is 15.1 Å². The van der Waals surface area contributed by atoms with E-state index in [2.05, 4.69) is 31.4 Å². The van der Waals surface area contributed by atoms with Gasteiger partial charge in [-0.3, -0.25) is 4.79 Å². The molecule has 1 fully saturated rings. The zero-order valence-electron chi connectivity index (χ0n) is 14.3. The SMILES string of the molecule is CCCC(=O)Nc1ccc(N2CCN(c3cccc(Cl)c3)CC2)nn1. The highest BCUT2D eigenvalue weighted by molar-refractivity contribution is 6.30. The van der Waals surface area contributed by atoms with Crippen LogP contribution in [0.2, 0.25) is 5.02 Å². The van der Waals surface area contributed by atoms with Gasteiger partial charge in [0.25, 0.3) is 0 Å². The molecule has 0 bridgehead atoms. The molecule has 1 aliphatic rings. The molecule has 6 nitrogen and oxygen atoms in total. The summed E-state index contributed by atoms with van der Waals surface area (Å²) < 4.78 is 0. The maximum absolute atomic E-state index is 11.6. The Kier molecular flexibility index (Phi) is 5.71. The molecule has 7 heteroatoms. The van der Waals surface area contributed by atoms with E-state index in [1.807, 2.05) is 31.2 Å². The summed E-state index contributed by atoms with van der Waals surface area (Å²) >= 11 is 6.07. The van der Waals surface area contributed by atoms with Crippen LogP contribution in [0, 0.1) is 0 Å². The quantitative estimate of drug-likeness (QED) is 0.888. The van der Waals surface area contributed by atoms with Crippen LogP contribution in [0.4, 0.5) is 17.3 Å². The van der Waals surface area contributed by atoms with Gasteiger partial charge in [0.15, 0.2) is 11.6 Å². The Labute approximate surface area is 152 Å². The van der Waals surface area contributed by atoms with Gasteiger partial charge in [-0.1, -0.05) is 24.6 Å². The van der Waals surface area contributed by atoms with Gasteiger partial charge in [0, 0.05) is 43.3 Å². The van der Waals surface area contributed by atoms with Crippen LogP contribution in [0.1, 0.15) is 19.8 Å². The van der Waals surface area contributed by atoms with Crippen molar-refractivity contribution in [3.8, 4) is 0 Å². The summed E-state index contributed by atoms with van der Waals surface area (Å²) in [4.78, 5) is 16.1. The molecular weight excluding hydrogens is 338 g/mol. The molecule has 0 saturated carbocycles. The number of carbonyl (C=O) groups excluding carboxylic acids is 1. The van der Waals surface area contributed by atoms with Crippen LogP contribution in [-0.4, -0.2) is 42.3 Å². The third-order valence-electron chi connectivity index (χ3n) is 4.17. The molecule has 1 aromatic heterocycles. The van der Waals surface area contributed by atoms with Crippen LogP contribution < -0.4 is 15.1 Å². The lowest BCUT2D eigenvalue weighted by Gasteiger charge is -2.36. The van der Waals surface area contributed by atoms with Crippen LogP contribution in [0.15, 0.2) is 36.4 Å². The minimum atomic E-state index is -0.0281. The predicted molar refractivity (Wildman–Crippen MR) is 101 cm³/mol. The van der Waals surface area contributed by atoms with Crippen LogP contribution in [-0.2, 0) is 4.79 Å². The molecule has 2 heterocycles. The minimum absolute atomic E-state index is 0.0281. The van der Waals surface area contributed by atoms with Gasteiger partial charge in [0.2, 0.25) is 5.91 Å². The van der Waals surface area contributed by atoms with E-state index in [4.69, 9.17) is 11.6 Å². The molecular formula is C18H22ClN5O. The van der Waals surface area contributed by atoms with Crippen molar-refractivity contribution < 1.29 is 4.79 Å². The summed E-state index contributed by atoms with van der Waals surface area (Å²) in [5, 5.41) is 11.9. The number of nitrogens with one attached hydrogen (secondary N) is 1. The fourth-order valence-electron chi connectivity index (χ4n) is 2.86. The molecule has 25 heavy (non-hydrogen) atoms. The Balaban J connectivity index is 1.56. The minimum Gasteiger partial charge on any atom is -0.368 e. The van der Waals surface area contributed by atoms with Gasteiger partial charge in [-0.05, 0) is 36.8 Å². The number of amides is 1. The molecule has 0 unspecified atom stereocenters. The number of hydrogen-bond donors (Lipinski definition) is 1. The summed E-state index contributed by atoms with van der Waals surface area (Å²) in [7, 11) is 0. The molecule has 0 radical (unpaired) electrons. The van der Waals surface area contributed by atoms with Crippen LogP contribution >= 0.6 is 11.6 Å². The van der Waals surface area contributed by atoms with Crippen molar-refractivity contribution >= 4 is 34.8 Å². The predicted octanol–water partition coefficient (Wildman–Crippen LogP) is 3.20. The molecule has 0 aliphatic carbocycles. The summed E-state index contributed by atoms with van der Waals surface area (Å²) in [6, 6.07) is 11.6. The van der Waals surface area contributed by atoms with E-state index in [-0.39, 0.29) is 5.91 Å². The molecule has 0 spiro atoms. The van der Waals surface area contributed by atoms with Crippen LogP contribution in [0.3, 0.4) is 0 Å².